The molecule has 2 heterocycles. The maximum absolute atomic E-state index is 13.4. The molecule has 0 aliphatic carbocycles. The van der Waals surface area contributed by atoms with Gasteiger partial charge >= 0.3 is 0 Å². The lowest BCUT2D eigenvalue weighted by molar-refractivity contribution is 0.620. The second kappa shape index (κ2) is 4.86. The summed E-state index contributed by atoms with van der Waals surface area (Å²) in [6.45, 7) is 1.90. The number of benzene rings is 1. The molecule has 7 heteroatoms. The fourth-order valence-electron chi connectivity index (χ4n) is 2.30. The molecule has 3 aromatic rings. The molecule has 0 spiro atoms. The van der Waals surface area contributed by atoms with Gasteiger partial charge in [-0.1, -0.05) is 0 Å². The van der Waals surface area contributed by atoms with Gasteiger partial charge in [0, 0.05) is 7.05 Å². The fraction of sp³-hybridized carbons (Fsp3) is 0.231. The first-order valence-corrected chi connectivity index (χ1v) is 7.28. The normalized spacial score (nSPS) is 11.4. The SMILES string of the molecule is Cc1nn(C)c2c1nc(CCl)n2-c1ccc(F)c(Br)c1. The Morgan fingerprint density at radius 2 is 2.15 bits per heavy atom. The van der Waals surface area contributed by atoms with E-state index in [0.29, 0.717) is 10.3 Å². The van der Waals surface area contributed by atoms with E-state index in [9.17, 15) is 4.39 Å². The van der Waals surface area contributed by atoms with E-state index in [0.717, 1.165) is 22.5 Å². The smallest absolute Gasteiger partial charge is 0.163 e. The predicted molar refractivity (Wildman–Crippen MR) is 79.8 cm³/mol. The summed E-state index contributed by atoms with van der Waals surface area (Å²) in [6, 6.07) is 4.81. The molecule has 0 atom stereocenters. The van der Waals surface area contributed by atoms with Crippen LogP contribution >= 0.6 is 27.5 Å². The number of nitrogens with zero attached hydrogens (tertiary/aromatic N) is 4. The van der Waals surface area contributed by atoms with Gasteiger partial charge in [0.2, 0.25) is 0 Å². The highest BCUT2D eigenvalue weighted by molar-refractivity contribution is 9.10. The van der Waals surface area contributed by atoms with Gasteiger partial charge in [-0.25, -0.2) is 14.1 Å². The maximum atomic E-state index is 13.4. The van der Waals surface area contributed by atoms with Gasteiger partial charge in [-0.2, -0.15) is 5.10 Å². The van der Waals surface area contributed by atoms with Crippen LogP contribution in [0.25, 0.3) is 16.9 Å². The first-order valence-electron chi connectivity index (χ1n) is 5.95. The minimum Gasteiger partial charge on any atom is -0.280 e. The molecular formula is C13H11BrClFN4. The zero-order valence-corrected chi connectivity index (χ0v) is 13.2. The van der Waals surface area contributed by atoms with Crippen LogP contribution in [-0.4, -0.2) is 19.3 Å². The largest absolute Gasteiger partial charge is 0.280 e. The van der Waals surface area contributed by atoms with Crippen LogP contribution in [0.1, 0.15) is 11.5 Å². The molecule has 0 saturated heterocycles. The lowest BCUT2D eigenvalue weighted by Crippen LogP contribution is -2.04. The number of imidazole rings is 1. The predicted octanol–water partition coefficient (Wildman–Crippen LogP) is 3.71. The number of halogens is 3. The lowest BCUT2D eigenvalue weighted by Gasteiger charge is -2.09. The van der Waals surface area contributed by atoms with Crippen LogP contribution in [0.15, 0.2) is 22.7 Å². The zero-order chi connectivity index (χ0) is 14.4. The summed E-state index contributed by atoms with van der Waals surface area (Å²) in [6.07, 6.45) is 0. The van der Waals surface area contributed by atoms with Crippen molar-refractivity contribution in [3.63, 3.8) is 0 Å². The van der Waals surface area contributed by atoms with Crippen molar-refractivity contribution in [2.75, 3.05) is 0 Å². The third kappa shape index (κ3) is 1.94. The van der Waals surface area contributed by atoms with Gasteiger partial charge in [-0.15, -0.1) is 11.6 Å². The van der Waals surface area contributed by atoms with Crippen molar-refractivity contribution in [3.05, 3.63) is 40.0 Å². The number of hydrogen-bond donors (Lipinski definition) is 0. The molecular weight excluding hydrogens is 347 g/mol. The molecule has 0 unspecified atom stereocenters. The van der Waals surface area contributed by atoms with Gasteiger partial charge in [0.05, 0.1) is 21.7 Å². The second-order valence-electron chi connectivity index (χ2n) is 4.48. The topological polar surface area (TPSA) is 35.6 Å². The maximum Gasteiger partial charge on any atom is 0.163 e. The molecule has 0 N–H and O–H groups in total. The number of aromatic nitrogens is 4. The van der Waals surface area contributed by atoms with E-state index in [2.05, 4.69) is 26.0 Å². The van der Waals surface area contributed by atoms with Crippen LogP contribution in [-0.2, 0) is 12.9 Å². The summed E-state index contributed by atoms with van der Waals surface area (Å²) in [5.74, 6) is 0.665. The van der Waals surface area contributed by atoms with E-state index in [1.54, 1.807) is 16.8 Å². The van der Waals surface area contributed by atoms with E-state index in [4.69, 9.17) is 11.6 Å². The highest BCUT2D eigenvalue weighted by Crippen LogP contribution is 2.27. The molecule has 0 radical (unpaired) electrons. The van der Waals surface area contributed by atoms with Crippen molar-refractivity contribution in [3.8, 4) is 5.69 Å². The number of fused-ring (bicyclic) bond motifs is 1. The van der Waals surface area contributed by atoms with Crippen molar-refractivity contribution in [1.82, 2.24) is 19.3 Å². The highest BCUT2D eigenvalue weighted by Gasteiger charge is 2.18. The minimum absolute atomic E-state index is 0.267. The van der Waals surface area contributed by atoms with Crippen LogP contribution in [0, 0.1) is 12.7 Å². The van der Waals surface area contributed by atoms with Crippen LogP contribution in [0.2, 0.25) is 0 Å². The Kier molecular flexibility index (Phi) is 3.30. The molecule has 0 bridgehead atoms. The van der Waals surface area contributed by atoms with Crippen molar-refractivity contribution >= 4 is 38.7 Å². The fourth-order valence-corrected chi connectivity index (χ4v) is 2.85. The molecule has 4 nitrogen and oxygen atoms in total. The van der Waals surface area contributed by atoms with E-state index < -0.39 is 0 Å². The molecule has 0 aliphatic heterocycles. The molecule has 0 fully saturated rings. The number of alkyl halides is 1. The Balaban J connectivity index is 2.36. The molecule has 2 aromatic heterocycles. The summed E-state index contributed by atoms with van der Waals surface area (Å²) >= 11 is 9.19. The average molecular weight is 358 g/mol. The molecule has 0 aliphatic rings. The standard InChI is InChI=1S/C13H11BrClFN4/c1-7-12-13(19(2)18-7)20(11(6-15)17-12)8-3-4-10(16)9(14)5-8/h3-5H,6H2,1-2H3. The molecule has 0 amide bonds. The molecule has 1 aromatic carbocycles. The Labute approximate surface area is 128 Å². The first-order chi connectivity index (χ1) is 9.52. The Morgan fingerprint density at radius 1 is 1.40 bits per heavy atom. The van der Waals surface area contributed by atoms with Crippen LogP contribution in [0.3, 0.4) is 0 Å². The van der Waals surface area contributed by atoms with Crippen molar-refractivity contribution in [1.29, 1.82) is 0 Å². The number of aryl methyl sites for hydroxylation is 2. The average Bonchev–Trinajstić information content (AvgIpc) is 2.92. The summed E-state index contributed by atoms with van der Waals surface area (Å²) in [5.41, 5.74) is 3.29. The van der Waals surface area contributed by atoms with Crippen molar-refractivity contribution < 1.29 is 4.39 Å². The Hall–Kier alpha value is -1.40. The van der Waals surface area contributed by atoms with E-state index >= 15 is 0 Å². The third-order valence-corrected chi connectivity index (χ3v) is 4.00. The van der Waals surface area contributed by atoms with Gasteiger partial charge in [0.15, 0.2) is 5.65 Å². The highest BCUT2D eigenvalue weighted by atomic mass is 79.9. The third-order valence-electron chi connectivity index (χ3n) is 3.15. The van der Waals surface area contributed by atoms with Crippen LogP contribution in [0.4, 0.5) is 4.39 Å². The number of hydrogen-bond acceptors (Lipinski definition) is 2. The van der Waals surface area contributed by atoms with E-state index in [1.807, 2.05) is 18.5 Å². The number of rotatable bonds is 2. The van der Waals surface area contributed by atoms with Gasteiger partial charge in [0.1, 0.15) is 17.2 Å². The summed E-state index contributed by atoms with van der Waals surface area (Å²) in [7, 11) is 1.85. The quantitative estimate of drug-likeness (QED) is 0.656. The van der Waals surface area contributed by atoms with Gasteiger partial charge in [0.25, 0.3) is 0 Å². The Morgan fingerprint density at radius 3 is 2.80 bits per heavy atom. The molecule has 0 saturated carbocycles. The molecule has 20 heavy (non-hydrogen) atoms. The monoisotopic (exact) mass is 356 g/mol. The Bertz CT molecular complexity index is 808. The van der Waals surface area contributed by atoms with Crippen molar-refractivity contribution in [2.24, 2.45) is 7.05 Å². The first kappa shape index (κ1) is 13.6. The molecule has 104 valence electrons. The molecule has 3 rings (SSSR count). The van der Waals surface area contributed by atoms with Crippen LogP contribution < -0.4 is 0 Å². The summed E-state index contributed by atoms with van der Waals surface area (Å²) < 4.78 is 17.5. The van der Waals surface area contributed by atoms with Crippen molar-refractivity contribution in [2.45, 2.75) is 12.8 Å². The summed E-state index contributed by atoms with van der Waals surface area (Å²) in [4.78, 5) is 4.52. The minimum atomic E-state index is -0.307. The van der Waals surface area contributed by atoms with E-state index in [-0.39, 0.29) is 11.7 Å². The summed E-state index contributed by atoms with van der Waals surface area (Å²) in [5, 5.41) is 4.36. The van der Waals surface area contributed by atoms with Gasteiger partial charge in [-0.3, -0.25) is 4.57 Å². The second-order valence-corrected chi connectivity index (χ2v) is 5.60. The zero-order valence-electron chi connectivity index (χ0n) is 10.9. The van der Waals surface area contributed by atoms with Crippen LogP contribution in [0.5, 0.6) is 0 Å². The van der Waals surface area contributed by atoms with E-state index in [1.165, 1.54) is 6.07 Å². The van der Waals surface area contributed by atoms with Gasteiger partial charge < -0.3 is 0 Å². The van der Waals surface area contributed by atoms with Gasteiger partial charge in [-0.05, 0) is 41.1 Å². The lowest BCUT2D eigenvalue weighted by atomic mass is 10.3.